The number of nitrogens with zero attached hydrogens (tertiary/aromatic N) is 3. The fourth-order valence-electron chi connectivity index (χ4n) is 3.78. The van der Waals surface area contributed by atoms with Crippen LogP contribution in [0.5, 0.6) is 0 Å². The van der Waals surface area contributed by atoms with E-state index in [2.05, 4.69) is 24.2 Å². The Kier molecular flexibility index (Phi) is 3.97. The van der Waals surface area contributed by atoms with E-state index in [1.807, 2.05) is 10.9 Å². The van der Waals surface area contributed by atoms with Gasteiger partial charge in [-0.05, 0) is 25.2 Å². The van der Waals surface area contributed by atoms with Crippen LogP contribution in [0.4, 0.5) is 0 Å². The van der Waals surface area contributed by atoms with Crippen molar-refractivity contribution in [1.29, 1.82) is 0 Å². The van der Waals surface area contributed by atoms with Gasteiger partial charge in [0.05, 0.1) is 25.0 Å². The first kappa shape index (κ1) is 15.3. The molecule has 3 heterocycles. The first-order valence-corrected chi connectivity index (χ1v) is 8.78. The average Bonchev–Trinajstić information content (AvgIpc) is 2.93. The van der Waals surface area contributed by atoms with E-state index in [-0.39, 0.29) is 24.2 Å². The predicted octanol–water partition coefficient (Wildman–Crippen LogP) is 1.80. The molecule has 1 saturated carbocycles. The Morgan fingerprint density at radius 3 is 2.83 bits per heavy atom. The summed E-state index contributed by atoms with van der Waals surface area (Å²) in [6.07, 6.45) is 5.72. The molecular weight excluding hydrogens is 294 g/mol. The van der Waals surface area contributed by atoms with E-state index >= 15 is 0 Å². The third-order valence-corrected chi connectivity index (χ3v) is 5.14. The Hall–Kier alpha value is -1.27. The molecule has 23 heavy (non-hydrogen) atoms. The number of rotatable bonds is 6. The van der Waals surface area contributed by atoms with Crippen LogP contribution in [0.1, 0.15) is 44.8 Å². The summed E-state index contributed by atoms with van der Waals surface area (Å²) in [7, 11) is 0. The van der Waals surface area contributed by atoms with Gasteiger partial charge in [-0.2, -0.15) is 0 Å². The second kappa shape index (κ2) is 5.98. The standard InChI is InChI=1S/C17H25N3O3/c1-10(2)5-13-7-20(19-18-13)14-9-23-16-12(8-22-17(14)16)6-15(21)11-3-4-11/h7,10-12,14,16-17H,3-6,8-9H2,1-2H3. The van der Waals surface area contributed by atoms with Gasteiger partial charge in [-0.25, -0.2) is 4.68 Å². The van der Waals surface area contributed by atoms with Crippen LogP contribution in [0, 0.1) is 17.8 Å². The number of hydrogen-bond donors (Lipinski definition) is 0. The van der Waals surface area contributed by atoms with E-state index in [0.29, 0.717) is 37.3 Å². The van der Waals surface area contributed by atoms with Crippen molar-refractivity contribution >= 4 is 5.78 Å². The molecule has 3 aliphatic rings. The molecule has 0 bridgehead atoms. The molecule has 0 spiro atoms. The van der Waals surface area contributed by atoms with E-state index in [4.69, 9.17) is 9.47 Å². The lowest BCUT2D eigenvalue weighted by Crippen LogP contribution is -2.29. The van der Waals surface area contributed by atoms with E-state index in [1.165, 1.54) is 0 Å². The van der Waals surface area contributed by atoms with Crippen LogP contribution in [-0.2, 0) is 20.7 Å². The second-order valence-electron chi connectivity index (χ2n) is 7.66. The van der Waals surface area contributed by atoms with Crippen molar-refractivity contribution in [3.05, 3.63) is 11.9 Å². The fourth-order valence-corrected chi connectivity index (χ4v) is 3.78. The molecule has 1 aromatic rings. The van der Waals surface area contributed by atoms with E-state index in [1.54, 1.807) is 0 Å². The van der Waals surface area contributed by atoms with Gasteiger partial charge in [-0.15, -0.1) is 5.10 Å². The largest absolute Gasteiger partial charge is 0.373 e. The van der Waals surface area contributed by atoms with E-state index < -0.39 is 0 Å². The van der Waals surface area contributed by atoms with Gasteiger partial charge in [0.15, 0.2) is 0 Å². The summed E-state index contributed by atoms with van der Waals surface area (Å²) < 4.78 is 13.9. The van der Waals surface area contributed by atoms with Crippen LogP contribution < -0.4 is 0 Å². The number of aromatic nitrogens is 3. The zero-order chi connectivity index (χ0) is 16.0. The molecule has 6 nitrogen and oxygen atoms in total. The smallest absolute Gasteiger partial charge is 0.136 e. The lowest BCUT2D eigenvalue weighted by molar-refractivity contribution is -0.121. The molecule has 0 N–H and O–H groups in total. The summed E-state index contributed by atoms with van der Waals surface area (Å²) in [6, 6.07) is 0.0782. The number of ketones is 1. The van der Waals surface area contributed by atoms with Crippen LogP contribution in [0.2, 0.25) is 0 Å². The zero-order valence-electron chi connectivity index (χ0n) is 13.9. The van der Waals surface area contributed by atoms with Crippen molar-refractivity contribution in [1.82, 2.24) is 15.0 Å². The van der Waals surface area contributed by atoms with Crippen LogP contribution in [0.3, 0.4) is 0 Å². The van der Waals surface area contributed by atoms with Gasteiger partial charge < -0.3 is 9.47 Å². The van der Waals surface area contributed by atoms with Crippen LogP contribution >= 0.6 is 0 Å². The number of Topliss-reactive ketones (excluding diaryl/α,β-unsaturated/α-hetero) is 1. The predicted molar refractivity (Wildman–Crippen MR) is 82.9 cm³/mol. The molecule has 2 saturated heterocycles. The van der Waals surface area contributed by atoms with Gasteiger partial charge in [0.1, 0.15) is 17.9 Å². The van der Waals surface area contributed by atoms with Gasteiger partial charge in [0.2, 0.25) is 0 Å². The van der Waals surface area contributed by atoms with Crippen molar-refractivity contribution in [2.45, 2.75) is 57.8 Å². The Bertz CT molecular complexity index is 581. The summed E-state index contributed by atoms with van der Waals surface area (Å²) in [5.74, 6) is 1.48. The Labute approximate surface area is 136 Å². The molecule has 126 valence electrons. The minimum atomic E-state index is 0.000558. The summed E-state index contributed by atoms with van der Waals surface area (Å²) in [5, 5.41) is 8.54. The third-order valence-electron chi connectivity index (χ3n) is 5.14. The number of hydrogen-bond acceptors (Lipinski definition) is 5. The Morgan fingerprint density at radius 2 is 2.09 bits per heavy atom. The Balaban J connectivity index is 1.40. The van der Waals surface area contributed by atoms with Crippen molar-refractivity contribution in [2.75, 3.05) is 13.2 Å². The molecule has 0 amide bonds. The van der Waals surface area contributed by atoms with Gasteiger partial charge in [-0.1, -0.05) is 19.1 Å². The highest BCUT2D eigenvalue weighted by molar-refractivity contribution is 5.83. The van der Waals surface area contributed by atoms with Gasteiger partial charge in [-0.3, -0.25) is 4.79 Å². The highest BCUT2D eigenvalue weighted by Crippen LogP contribution is 2.40. The average molecular weight is 319 g/mol. The molecule has 0 aromatic carbocycles. The molecule has 0 radical (unpaired) electrons. The number of ether oxygens (including phenoxy) is 2. The minimum absolute atomic E-state index is 0.000558. The molecule has 3 fully saturated rings. The normalized spacial score (nSPS) is 33.3. The first-order chi connectivity index (χ1) is 11.1. The molecule has 4 rings (SSSR count). The SMILES string of the molecule is CC(C)Cc1cn(C2COC3C(CC(=O)C4CC4)COC32)nn1. The number of carbonyl (C=O) groups is 1. The van der Waals surface area contributed by atoms with Crippen molar-refractivity contribution in [3.8, 4) is 0 Å². The lowest BCUT2D eigenvalue weighted by atomic mass is 9.94. The Morgan fingerprint density at radius 1 is 1.30 bits per heavy atom. The topological polar surface area (TPSA) is 66.2 Å². The van der Waals surface area contributed by atoms with Crippen LogP contribution in [0.15, 0.2) is 6.20 Å². The first-order valence-electron chi connectivity index (χ1n) is 8.78. The van der Waals surface area contributed by atoms with Crippen LogP contribution in [0.25, 0.3) is 0 Å². The van der Waals surface area contributed by atoms with E-state index in [9.17, 15) is 4.79 Å². The van der Waals surface area contributed by atoms with Gasteiger partial charge >= 0.3 is 0 Å². The molecular formula is C17H25N3O3. The second-order valence-corrected chi connectivity index (χ2v) is 7.66. The zero-order valence-corrected chi connectivity index (χ0v) is 13.9. The van der Waals surface area contributed by atoms with Gasteiger partial charge in [0.25, 0.3) is 0 Å². The van der Waals surface area contributed by atoms with E-state index in [0.717, 1.165) is 25.0 Å². The maximum atomic E-state index is 12.1. The summed E-state index contributed by atoms with van der Waals surface area (Å²) in [5.41, 5.74) is 1.02. The van der Waals surface area contributed by atoms with Gasteiger partial charge in [0, 0.05) is 24.5 Å². The molecule has 6 heteroatoms. The maximum absolute atomic E-state index is 12.1. The highest BCUT2D eigenvalue weighted by atomic mass is 16.6. The monoisotopic (exact) mass is 319 g/mol. The van der Waals surface area contributed by atoms with Crippen molar-refractivity contribution in [2.24, 2.45) is 17.8 Å². The molecule has 4 atom stereocenters. The number of carbonyl (C=O) groups excluding carboxylic acids is 1. The highest BCUT2D eigenvalue weighted by Gasteiger charge is 2.49. The lowest BCUT2D eigenvalue weighted by Gasteiger charge is -2.16. The summed E-state index contributed by atoms with van der Waals surface area (Å²) in [6.45, 7) is 5.57. The number of fused-ring (bicyclic) bond motifs is 1. The fraction of sp³-hybridized carbons (Fsp3) is 0.824. The third kappa shape index (κ3) is 3.06. The quantitative estimate of drug-likeness (QED) is 0.800. The molecule has 4 unspecified atom stereocenters. The van der Waals surface area contributed by atoms with Crippen molar-refractivity contribution in [3.63, 3.8) is 0 Å². The maximum Gasteiger partial charge on any atom is 0.136 e. The molecule has 1 aliphatic carbocycles. The molecule has 1 aromatic heterocycles. The minimum Gasteiger partial charge on any atom is -0.373 e. The van der Waals surface area contributed by atoms with Crippen molar-refractivity contribution < 1.29 is 14.3 Å². The molecule has 2 aliphatic heterocycles. The summed E-state index contributed by atoms with van der Waals surface area (Å²) >= 11 is 0. The summed E-state index contributed by atoms with van der Waals surface area (Å²) in [4.78, 5) is 12.1. The van der Waals surface area contributed by atoms with Crippen LogP contribution in [-0.4, -0.2) is 46.2 Å².